The second kappa shape index (κ2) is 12.3. The number of hydrogen-bond donors (Lipinski definition) is 0. The van der Waals surface area contributed by atoms with Crippen molar-refractivity contribution >= 4 is 21.8 Å². The van der Waals surface area contributed by atoms with Crippen LogP contribution in [0.3, 0.4) is 0 Å². The van der Waals surface area contributed by atoms with Crippen molar-refractivity contribution in [2.45, 2.75) is 40.5 Å². The number of pyridine rings is 1. The number of aromatic nitrogens is 4. The predicted molar refractivity (Wildman–Crippen MR) is 174 cm³/mol. The molecule has 0 amide bonds. The number of para-hydroxylation sites is 1. The standard InChI is InChI=1S/C38H32N4O.Pt/c1-5-9-28-19-26(3)38(27(4)20-28)29-23-40-41(24-29)30-10-8-11-31(21-30)43-32-14-15-34-33-12-6-7-13-35(33)42(36(34)22-32)37-18-25(2)16-17-39-37;/h6-8,10-20,23-24H,5,9H2,1-4H3;/q-2;+2. The second-order valence-corrected chi connectivity index (χ2v) is 11.2. The van der Waals surface area contributed by atoms with Crippen molar-refractivity contribution in [2.75, 3.05) is 0 Å². The average molecular weight is 756 g/mol. The molecule has 0 saturated carbocycles. The molecule has 3 heterocycles. The van der Waals surface area contributed by atoms with Crippen LogP contribution in [0.15, 0.2) is 97.5 Å². The topological polar surface area (TPSA) is 44.9 Å². The van der Waals surface area contributed by atoms with Gasteiger partial charge in [-0.05, 0) is 84.3 Å². The molecular formula is C38H32N4OPt. The number of rotatable bonds is 7. The fraction of sp³-hybridized carbons (Fsp3) is 0.158. The first-order valence-electron chi connectivity index (χ1n) is 14.7. The summed E-state index contributed by atoms with van der Waals surface area (Å²) in [6.45, 7) is 8.66. The van der Waals surface area contributed by atoms with Crippen LogP contribution in [0.25, 0.3) is 44.4 Å². The van der Waals surface area contributed by atoms with Crippen LogP contribution in [0.4, 0.5) is 0 Å². The molecule has 44 heavy (non-hydrogen) atoms. The molecule has 3 aromatic heterocycles. The van der Waals surface area contributed by atoms with Gasteiger partial charge in [-0.3, -0.25) is 4.68 Å². The van der Waals surface area contributed by atoms with E-state index in [-0.39, 0.29) is 21.1 Å². The molecule has 0 aliphatic carbocycles. The molecular weight excluding hydrogens is 724 g/mol. The van der Waals surface area contributed by atoms with E-state index in [0.717, 1.165) is 57.3 Å². The molecule has 0 bridgehead atoms. The molecule has 4 aromatic carbocycles. The maximum absolute atomic E-state index is 6.34. The average Bonchev–Trinajstić information content (AvgIpc) is 3.60. The van der Waals surface area contributed by atoms with Gasteiger partial charge in [0.15, 0.2) is 0 Å². The Hall–Kier alpha value is -4.47. The Morgan fingerprint density at radius 3 is 2.41 bits per heavy atom. The molecule has 0 saturated heterocycles. The monoisotopic (exact) mass is 755 g/mol. The first-order chi connectivity index (χ1) is 21.0. The Morgan fingerprint density at radius 2 is 1.61 bits per heavy atom. The quantitative estimate of drug-likeness (QED) is 0.153. The van der Waals surface area contributed by atoms with Gasteiger partial charge in [-0.2, -0.15) is 17.2 Å². The van der Waals surface area contributed by atoms with Crippen molar-refractivity contribution in [3.63, 3.8) is 0 Å². The number of hydrogen-bond acceptors (Lipinski definition) is 3. The number of benzene rings is 4. The van der Waals surface area contributed by atoms with Gasteiger partial charge >= 0.3 is 21.1 Å². The minimum absolute atomic E-state index is 0. The molecule has 6 heteroatoms. The molecule has 5 nitrogen and oxygen atoms in total. The van der Waals surface area contributed by atoms with Crippen molar-refractivity contribution in [1.82, 2.24) is 19.3 Å². The zero-order valence-corrected chi connectivity index (χ0v) is 27.4. The van der Waals surface area contributed by atoms with Gasteiger partial charge < -0.3 is 9.30 Å². The first kappa shape index (κ1) is 29.6. The van der Waals surface area contributed by atoms with Crippen molar-refractivity contribution in [1.29, 1.82) is 0 Å². The van der Waals surface area contributed by atoms with Crippen molar-refractivity contribution in [2.24, 2.45) is 0 Å². The van der Waals surface area contributed by atoms with Gasteiger partial charge in [0.1, 0.15) is 5.82 Å². The summed E-state index contributed by atoms with van der Waals surface area (Å²) in [6.07, 6.45) is 8.07. The molecule has 0 unspecified atom stereocenters. The maximum atomic E-state index is 6.34. The summed E-state index contributed by atoms with van der Waals surface area (Å²) in [7, 11) is 0. The van der Waals surface area contributed by atoms with Crippen LogP contribution >= 0.6 is 0 Å². The summed E-state index contributed by atoms with van der Waals surface area (Å²) in [6, 6.07) is 33.9. The van der Waals surface area contributed by atoms with E-state index in [0.29, 0.717) is 11.5 Å². The SMILES string of the molecule is CCCc1cc(C)c(-c2cnn(-c3[c-]c(Oc4[c-]c5c(cc4)c4ccccc4n5-c4cc(C)ccn4)ccc3)c2)c(C)c1.[Pt+2]. The van der Waals surface area contributed by atoms with Crippen molar-refractivity contribution in [3.8, 4) is 34.1 Å². The predicted octanol–water partition coefficient (Wildman–Crippen LogP) is 9.30. The van der Waals surface area contributed by atoms with E-state index in [2.05, 4.69) is 109 Å². The third-order valence-corrected chi connectivity index (χ3v) is 7.91. The molecule has 0 N–H and O–H groups in total. The summed E-state index contributed by atoms with van der Waals surface area (Å²) in [4.78, 5) is 4.67. The van der Waals surface area contributed by atoms with Crippen LogP contribution in [-0.2, 0) is 27.5 Å². The molecule has 0 aliphatic rings. The Bertz CT molecular complexity index is 2100. The zero-order chi connectivity index (χ0) is 29.5. The summed E-state index contributed by atoms with van der Waals surface area (Å²) >= 11 is 0. The molecule has 7 rings (SSSR count). The number of aryl methyl sites for hydroxylation is 4. The van der Waals surface area contributed by atoms with E-state index in [9.17, 15) is 0 Å². The van der Waals surface area contributed by atoms with E-state index < -0.39 is 0 Å². The van der Waals surface area contributed by atoms with Crippen LogP contribution in [0, 0.1) is 32.9 Å². The van der Waals surface area contributed by atoms with Gasteiger partial charge in [-0.25, -0.2) is 4.98 Å². The first-order valence-corrected chi connectivity index (χ1v) is 14.7. The van der Waals surface area contributed by atoms with E-state index >= 15 is 0 Å². The maximum Gasteiger partial charge on any atom is 2.00 e. The Morgan fingerprint density at radius 1 is 0.818 bits per heavy atom. The minimum Gasteiger partial charge on any atom is -0.509 e. The summed E-state index contributed by atoms with van der Waals surface area (Å²) in [5.74, 6) is 2.06. The number of nitrogens with zero attached hydrogens (tertiary/aromatic N) is 4. The Labute approximate surface area is 272 Å². The van der Waals surface area contributed by atoms with Gasteiger partial charge in [-0.15, -0.1) is 35.7 Å². The van der Waals surface area contributed by atoms with E-state index in [1.165, 1.54) is 22.3 Å². The largest absolute Gasteiger partial charge is 2.00 e. The minimum atomic E-state index is 0. The smallest absolute Gasteiger partial charge is 0.509 e. The molecule has 0 fully saturated rings. The molecule has 0 radical (unpaired) electrons. The van der Waals surface area contributed by atoms with Gasteiger partial charge in [0.2, 0.25) is 0 Å². The van der Waals surface area contributed by atoms with Crippen molar-refractivity contribution in [3.05, 3.63) is 132 Å². The van der Waals surface area contributed by atoms with Crippen molar-refractivity contribution < 1.29 is 25.8 Å². The zero-order valence-electron chi connectivity index (χ0n) is 25.2. The molecule has 0 spiro atoms. The summed E-state index contributed by atoms with van der Waals surface area (Å²) in [5, 5.41) is 6.93. The molecule has 0 atom stereocenters. The van der Waals surface area contributed by atoms with Crippen LogP contribution in [0.5, 0.6) is 11.5 Å². The van der Waals surface area contributed by atoms with Crippen LogP contribution in [0.1, 0.15) is 35.6 Å². The summed E-state index contributed by atoms with van der Waals surface area (Å²) in [5.41, 5.74) is 10.2. The van der Waals surface area contributed by atoms with E-state index in [1.54, 1.807) is 0 Å². The van der Waals surface area contributed by atoms with Crippen LogP contribution in [-0.4, -0.2) is 19.3 Å². The summed E-state index contributed by atoms with van der Waals surface area (Å²) < 4.78 is 10.3. The van der Waals surface area contributed by atoms with Gasteiger partial charge in [0.05, 0.1) is 6.20 Å². The third kappa shape index (κ3) is 5.49. The Kier molecular flexibility index (Phi) is 8.25. The van der Waals surface area contributed by atoms with E-state index in [4.69, 9.17) is 4.74 Å². The van der Waals surface area contributed by atoms with Crippen LogP contribution in [0.2, 0.25) is 0 Å². The second-order valence-electron chi connectivity index (χ2n) is 11.2. The fourth-order valence-electron chi connectivity index (χ4n) is 6.09. The van der Waals surface area contributed by atoms with E-state index in [1.807, 2.05) is 47.4 Å². The Balaban J connectivity index is 0.00000343. The van der Waals surface area contributed by atoms with Gasteiger partial charge in [-0.1, -0.05) is 49.2 Å². The number of fused-ring (bicyclic) bond motifs is 3. The molecule has 0 aliphatic heterocycles. The molecule has 7 aromatic rings. The van der Waals surface area contributed by atoms with Crippen LogP contribution < -0.4 is 4.74 Å². The normalized spacial score (nSPS) is 11.2. The number of ether oxygens (including phenoxy) is 1. The van der Waals surface area contributed by atoms with Gasteiger partial charge in [0.25, 0.3) is 0 Å². The molecule has 220 valence electrons. The fourth-order valence-corrected chi connectivity index (χ4v) is 6.09. The third-order valence-electron chi connectivity index (χ3n) is 7.91. The van der Waals surface area contributed by atoms with Gasteiger partial charge in [0, 0.05) is 35.0 Å².